The van der Waals surface area contributed by atoms with E-state index in [2.05, 4.69) is 19.9 Å². The van der Waals surface area contributed by atoms with Crippen molar-refractivity contribution in [1.29, 1.82) is 0 Å². The van der Waals surface area contributed by atoms with Crippen LogP contribution in [0, 0.1) is 40.4 Å². The summed E-state index contributed by atoms with van der Waals surface area (Å²) in [6, 6.07) is 0. The molecule has 0 aromatic heterocycles. The summed E-state index contributed by atoms with van der Waals surface area (Å²) in [6.45, 7) is 9.76. The van der Waals surface area contributed by atoms with Crippen molar-refractivity contribution in [2.45, 2.75) is 104 Å². The van der Waals surface area contributed by atoms with Crippen LogP contribution in [0.4, 0.5) is 8.78 Å². The average Bonchev–Trinajstić information content (AvgIpc) is 2.97. The second-order valence-electron chi connectivity index (χ2n) is 12.2. The van der Waals surface area contributed by atoms with Crippen molar-refractivity contribution in [1.82, 2.24) is 0 Å². The standard InChI is InChI=1S/C26H40F2O2/c1-16(2)22(29)26(27,28)15-18-7-9-20-19-8-6-17-14-23(3,30)12-13-25(17,5)21(19)10-11-24(18,20)4/h6,16,18-21,30H,7-15H2,1-5H3/t18-,19?,20?,21?,23+,24-,25+/m1/s1. The molecule has 0 aromatic carbocycles. The summed E-state index contributed by atoms with van der Waals surface area (Å²) >= 11 is 0. The summed E-state index contributed by atoms with van der Waals surface area (Å²) in [6.07, 6.45) is 9.74. The molecule has 0 saturated heterocycles. The molecule has 3 unspecified atom stereocenters. The van der Waals surface area contributed by atoms with Crippen molar-refractivity contribution in [3.05, 3.63) is 11.6 Å². The SMILES string of the molecule is CC(C)C(=O)C(F)(F)C[C@H]1CCC2C3CC=C4C[C@@](C)(O)CC[C@]4(C)C3CC[C@@]21C. The molecule has 0 spiro atoms. The Balaban J connectivity index is 1.56. The Bertz CT molecular complexity index is 739. The van der Waals surface area contributed by atoms with Crippen LogP contribution in [0.3, 0.4) is 0 Å². The molecule has 0 bridgehead atoms. The number of ketones is 1. The highest BCUT2D eigenvalue weighted by Crippen LogP contribution is 2.67. The molecule has 4 heteroatoms. The average molecular weight is 423 g/mol. The van der Waals surface area contributed by atoms with Crippen LogP contribution in [-0.2, 0) is 4.79 Å². The van der Waals surface area contributed by atoms with Gasteiger partial charge in [0.2, 0.25) is 5.78 Å². The monoisotopic (exact) mass is 422 g/mol. The number of alkyl halides is 2. The molecule has 4 rings (SSSR count). The minimum atomic E-state index is -3.20. The summed E-state index contributed by atoms with van der Waals surface area (Å²) in [7, 11) is 0. The topological polar surface area (TPSA) is 37.3 Å². The fraction of sp³-hybridized carbons (Fsp3) is 0.885. The second-order valence-corrected chi connectivity index (χ2v) is 12.2. The van der Waals surface area contributed by atoms with Gasteiger partial charge in [0.15, 0.2) is 0 Å². The Hall–Kier alpha value is -0.770. The Morgan fingerprint density at radius 1 is 1.13 bits per heavy atom. The predicted octanol–water partition coefficient (Wildman–Crippen LogP) is 6.57. The van der Waals surface area contributed by atoms with Crippen LogP contribution in [0.1, 0.15) is 92.4 Å². The molecule has 4 aliphatic carbocycles. The van der Waals surface area contributed by atoms with Crippen molar-refractivity contribution in [3.8, 4) is 0 Å². The van der Waals surface area contributed by atoms with E-state index in [9.17, 15) is 18.7 Å². The van der Waals surface area contributed by atoms with Crippen molar-refractivity contribution in [3.63, 3.8) is 0 Å². The second kappa shape index (κ2) is 7.12. The van der Waals surface area contributed by atoms with Crippen molar-refractivity contribution >= 4 is 5.78 Å². The number of rotatable bonds is 4. The molecule has 4 aliphatic rings. The normalized spacial score (nSPS) is 46.1. The Kier molecular flexibility index (Phi) is 5.32. The van der Waals surface area contributed by atoms with Crippen molar-refractivity contribution in [2.75, 3.05) is 0 Å². The maximum absolute atomic E-state index is 14.8. The zero-order valence-electron chi connectivity index (χ0n) is 19.4. The summed E-state index contributed by atoms with van der Waals surface area (Å²) < 4.78 is 29.5. The lowest BCUT2D eigenvalue weighted by atomic mass is 9.46. The van der Waals surface area contributed by atoms with E-state index in [1.54, 1.807) is 13.8 Å². The third-order valence-corrected chi connectivity index (χ3v) is 9.96. The van der Waals surface area contributed by atoms with Gasteiger partial charge in [-0.15, -0.1) is 0 Å². The van der Waals surface area contributed by atoms with Crippen LogP contribution in [0.15, 0.2) is 11.6 Å². The molecule has 0 aliphatic heterocycles. The van der Waals surface area contributed by atoms with Crippen LogP contribution >= 0.6 is 0 Å². The van der Waals surface area contributed by atoms with E-state index < -0.39 is 23.2 Å². The third-order valence-electron chi connectivity index (χ3n) is 9.96. The Morgan fingerprint density at radius 2 is 1.83 bits per heavy atom. The minimum absolute atomic E-state index is 0.0635. The van der Waals surface area contributed by atoms with E-state index in [1.807, 2.05) is 6.92 Å². The van der Waals surface area contributed by atoms with Gasteiger partial charge in [0, 0.05) is 12.3 Å². The largest absolute Gasteiger partial charge is 0.390 e. The maximum Gasteiger partial charge on any atom is 0.305 e. The molecule has 0 radical (unpaired) electrons. The summed E-state index contributed by atoms with van der Waals surface area (Å²) in [4.78, 5) is 12.1. The molecule has 0 heterocycles. The van der Waals surface area contributed by atoms with Gasteiger partial charge < -0.3 is 5.11 Å². The third kappa shape index (κ3) is 3.40. The Labute approximate surface area is 180 Å². The zero-order valence-corrected chi connectivity index (χ0v) is 19.4. The number of allylic oxidation sites excluding steroid dienone is 1. The lowest BCUT2D eigenvalue weighted by Gasteiger charge is -2.59. The first-order valence-corrected chi connectivity index (χ1v) is 12.1. The summed E-state index contributed by atoms with van der Waals surface area (Å²) in [5.74, 6) is -3.15. The van der Waals surface area contributed by atoms with Crippen LogP contribution in [0.25, 0.3) is 0 Å². The first-order valence-electron chi connectivity index (χ1n) is 12.1. The molecule has 3 fully saturated rings. The quantitative estimate of drug-likeness (QED) is 0.521. The lowest BCUT2D eigenvalue weighted by molar-refractivity contribution is -0.151. The number of carbonyl (C=O) groups excluding carboxylic acids is 1. The molecule has 3 saturated carbocycles. The molecule has 7 atom stereocenters. The number of Topliss-reactive ketones (excluding diaryl/α,β-unsaturated/α-hetero) is 1. The predicted molar refractivity (Wildman–Crippen MR) is 115 cm³/mol. The van der Waals surface area contributed by atoms with E-state index in [0.29, 0.717) is 17.8 Å². The van der Waals surface area contributed by atoms with Crippen LogP contribution < -0.4 is 0 Å². The number of carbonyl (C=O) groups is 1. The molecule has 0 aromatic rings. The van der Waals surface area contributed by atoms with Gasteiger partial charge in [0.05, 0.1) is 5.60 Å². The van der Waals surface area contributed by atoms with Gasteiger partial charge >= 0.3 is 5.92 Å². The highest BCUT2D eigenvalue weighted by molar-refractivity contribution is 5.87. The van der Waals surface area contributed by atoms with E-state index in [-0.39, 0.29) is 23.2 Å². The zero-order chi connectivity index (χ0) is 22.1. The van der Waals surface area contributed by atoms with Crippen LogP contribution in [-0.4, -0.2) is 22.4 Å². The smallest absolute Gasteiger partial charge is 0.305 e. The van der Waals surface area contributed by atoms with Gasteiger partial charge in [0.1, 0.15) is 0 Å². The van der Waals surface area contributed by atoms with E-state index in [1.165, 1.54) is 5.57 Å². The first kappa shape index (κ1) is 22.4. The lowest BCUT2D eigenvalue weighted by Crippen LogP contribution is -2.52. The van der Waals surface area contributed by atoms with E-state index >= 15 is 0 Å². The molecular weight excluding hydrogens is 382 g/mol. The summed E-state index contributed by atoms with van der Waals surface area (Å²) in [5.41, 5.74) is 0.924. The highest BCUT2D eigenvalue weighted by Gasteiger charge is 2.60. The van der Waals surface area contributed by atoms with Gasteiger partial charge in [-0.2, -0.15) is 8.78 Å². The number of halogens is 2. The minimum Gasteiger partial charge on any atom is -0.390 e. The number of fused-ring (bicyclic) bond motifs is 5. The Morgan fingerprint density at radius 3 is 2.50 bits per heavy atom. The van der Waals surface area contributed by atoms with Crippen molar-refractivity contribution < 1.29 is 18.7 Å². The fourth-order valence-electron chi connectivity index (χ4n) is 8.08. The fourth-order valence-corrected chi connectivity index (χ4v) is 8.08. The number of hydrogen-bond acceptors (Lipinski definition) is 2. The number of hydrogen-bond donors (Lipinski definition) is 1. The van der Waals surface area contributed by atoms with Gasteiger partial charge in [-0.1, -0.05) is 39.3 Å². The first-order chi connectivity index (χ1) is 13.8. The molecule has 1 N–H and O–H groups in total. The van der Waals surface area contributed by atoms with Gasteiger partial charge in [-0.05, 0) is 92.8 Å². The maximum atomic E-state index is 14.8. The van der Waals surface area contributed by atoms with Gasteiger partial charge in [-0.25, -0.2) is 0 Å². The van der Waals surface area contributed by atoms with Gasteiger partial charge in [-0.3, -0.25) is 4.79 Å². The molecule has 30 heavy (non-hydrogen) atoms. The van der Waals surface area contributed by atoms with Crippen LogP contribution in [0.5, 0.6) is 0 Å². The van der Waals surface area contributed by atoms with E-state index in [4.69, 9.17) is 0 Å². The molecular formula is C26H40F2O2. The molecule has 170 valence electrons. The van der Waals surface area contributed by atoms with Crippen molar-refractivity contribution in [2.24, 2.45) is 40.4 Å². The van der Waals surface area contributed by atoms with Crippen LogP contribution in [0.2, 0.25) is 0 Å². The number of aliphatic hydroxyl groups is 1. The molecule has 0 amide bonds. The summed E-state index contributed by atoms with van der Waals surface area (Å²) in [5, 5.41) is 10.6. The van der Waals surface area contributed by atoms with E-state index in [0.717, 1.165) is 51.4 Å². The molecule has 2 nitrogen and oxygen atoms in total. The van der Waals surface area contributed by atoms with Gasteiger partial charge in [0.25, 0.3) is 0 Å². The highest BCUT2D eigenvalue weighted by atomic mass is 19.3.